The number of rotatable bonds is 6. The number of hydrogen-bond acceptors (Lipinski definition) is 4. The van der Waals surface area contributed by atoms with E-state index < -0.39 is 18.0 Å². The van der Waals surface area contributed by atoms with Crippen LogP contribution in [0.1, 0.15) is 25.6 Å². The second kappa shape index (κ2) is 5.68. The van der Waals surface area contributed by atoms with Crippen LogP contribution in [-0.4, -0.2) is 37.9 Å². The number of amides is 2. The summed E-state index contributed by atoms with van der Waals surface area (Å²) >= 11 is 0. The van der Waals surface area contributed by atoms with Crippen LogP contribution in [0.25, 0.3) is 0 Å². The number of carbonyl (C=O) groups excluding carboxylic acids is 1. The van der Waals surface area contributed by atoms with Gasteiger partial charge >= 0.3 is 12.0 Å². The van der Waals surface area contributed by atoms with Gasteiger partial charge in [-0.3, -0.25) is 0 Å². The second-order valence-corrected chi connectivity index (χ2v) is 4.51. The molecule has 0 saturated heterocycles. The zero-order chi connectivity index (χ0) is 13.8. The summed E-state index contributed by atoms with van der Waals surface area (Å²) in [6.45, 7) is 2.88. The number of carboxylic acid groups (broad SMARTS) is 1. The van der Waals surface area contributed by atoms with E-state index in [-0.39, 0.29) is 12.5 Å². The number of hydrogen-bond donors (Lipinski definition) is 3. The Labute approximate surface area is 110 Å². The molecule has 1 aliphatic carbocycles. The van der Waals surface area contributed by atoms with E-state index in [0.717, 1.165) is 12.8 Å². The van der Waals surface area contributed by atoms with E-state index >= 15 is 0 Å². The summed E-state index contributed by atoms with van der Waals surface area (Å²) in [6, 6.07) is -1.30. The van der Waals surface area contributed by atoms with Crippen molar-refractivity contribution in [3.8, 4) is 0 Å². The molecule has 2 amide bonds. The van der Waals surface area contributed by atoms with E-state index in [9.17, 15) is 9.59 Å². The van der Waals surface area contributed by atoms with Crippen LogP contribution in [0, 0.1) is 5.92 Å². The molecule has 0 aromatic carbocycles. The van der Waals surface area contributed by atoms with Crippen molar-refractivity contribution in [2.75, 3.05) is 0 Å². The SMILES string of the molecule is CCn1cnnc1CNC(=O)NC(C(=O)O)C1CC1. The maximum atomic E-state index is 11.6. The highest BCUT2D eigenvalue weighted by molar-refractivity contribution is 5.82. The van der Waals surface area contributed by atoms with E-state index in [4.69, 9.17) is 5.11 Å². The van der Waals surface area contributed by atoms with Crippen molar-refractivity contribution < 1.29 is 14.7 Å². The predicted molar refractivity (Wildman–Crippen MR) is 65.2 cm³/mol. The molecule has 1 unspecified atom stereocenters. The third-order valence-corrected chi connectivity index (χ3v) is 3.09. The summed E-state index contributed by atoms with van der Waals surface area (Å²) in [4.78, 5) is 22.6. The number of nitrogens with zero attached hydrogens (tertiary/aromatic N) is 3. The van der Waals surface area contributed by atoms with Crippen LogP contribution in [-0.2, 0) is 17.9 Å². The minimum atomic E-state index is -0.991. The number of aliphatic carboxylic acids is 1. The van der Waals surface area contributed by atoms with Crippen LogP contribution in [0.4, 0.5) is 4.79 Å². The largest absolute Gasteiger partial charge is 0.480 e. The van der Waals surface area contributed by atoms with Gasteiger partial charge in [-0.05, 0) is 25.7 Å². The molecule has 1 aliphatic rings. The topological polar surface area (TPSA) is 109 Å². The van der Waals surface area contributed by atoms with Crippen molar-refractivity contribution in [2.45, 2.75) is 38.9 Å². The fourth-order valence-electron chi connectivity index (χ4n) is 1.84. The number of aryl methyl sites for hydroxylation is 1. The molecule has 1 saturated carbocycles. The Balaban J connectivity index is 1.82. The smallest absolute Gasteiger partial charge is 0.326 e. The van der Waals surface area contributed by atoms with Gasteiger partial charge in [0.15, 0.2) is 5.82 Å². The van der Waals surface area contributed by atoms with Gasteiger partial charge in [0.2, 0.25) is 0 Å². The molecule has 1 aromatic heterocycles. The third kappa shape index (κ3) is 3.43. The van der Waals surface area contributed by atoms with Gasteiger partial charge in [-0.15, -0.1) is 10.2 Å². The summed E-state index contributed by atoms with van der Waals surface area (Å²) in [7, 11) is 0. The predicted octanol–water partition coefficient (Wildman–Crippen LogP) is -0.0396. The third-order valence-electron chi connectivity index (χ3n) is 3.09. The Morgan fingerprint density at radius 1 is 1.58 bits per heavy atom. The van der Waals surface area contributed by atoms with E-state index in [2.05, 4.69) is 20.8 Å². The van der Waals surface area contributed by atoms with E-state index in [1.165, 1.54) is 0 Å². The monoisotopic (exact) mass is 267 g/mol. The van der Waals surface area contributed by atoms with Crippen molar-refractivity contribution in [1.29, 1.82) is 0 Å². The van der Waals surface area contributed by atoms with E-state index in [0.29, 0.717) is 12.4 Å². The van der Waals surface area contributed by atoms with E-state index in [1.807, 2.05) is 6.92 Å². The minimum Gasteiger partial charge on any atom is -0.480 e. The van der Waals surface area contributed by atoms with Gasteiger partial charge in [0.1, 0.15) is 12.4 Å². The summed E-state index contributed by atoms with van der Waals surface area (Å²) in [6.07, 6.45) is 3.28. The quantitative estimate of drug-likeness (QED) is 0.670. The average Bonchev–Trinajstić information content (AvgIpc) is 3.11. The molecule has 0 radical (unpaired) electrons. The summed E-state index contributed by atoms with van der Waals surface area (Å²) in [5.74, 6) is -0.298. The minimum absolute atomic E-state index is 0.0579. The first-order valence-electron chi connectivity index (χ1n) is 6.25. The molecule has 1 aromatic rings. The van der Waals surface area contributed by atoms with Gasteiger partial charge in [0, 0.05) is 6.54 Å². The molecular formula is C11H17N5O3. The van der Waals surface area contributed by atoms with Crippen molar-refractivity contribution in [1.82, 2.24) is 25.4 Å². The van der Waals surface area contributed by atoms with Crippen LogP contribution < -0.4 is 10.6 Å². The molecule has 0 aliphatic heterocycles. The molecule has 3 N–H and O–H groups in total. The Bertz CT molecular complexity index is 469. The molecule has 2 rings (SSSR count). The van der Waals surface area contributed by atoms with E-state index in [1.54, 1.807) is 10.9 Å². The molecule has 0 bridgehead atoms. The lowest BCUT2D eigenvalue weighted by Crippen LogP contribution is -2.47. The maximum absolute atomic E-state index is 11.6. The number of carbonyl (C=O) groups is 2. The Morgan fingerprint density at radius 2 is 2.32 bits per heavy atom. The molecular weight excluding hydrogens is 250 g/mol. The maximum Gasteiger partial charge on any atom is 0.326 e. The van der Waals surface area contributed by atoms with Crippen molar-refractivity contribution in [2.24, 2.45) is 5.92 Å². The lowest BCUT2D eigenvalue weighted by atomic mass is 10.2. The lowest BCUT2D eigenvalue weighted by molar-refractivity contribution is -0.139. The Hall–Kier alpha value is -2.12. The highest BCUT2D eigenvalue weighted by atomic mass is 16.4. The van der Waals surface area contributed by atoms with Gasteiger partial charge in [0.25, 0.3) is 0 Å². The molecule has 8 nitrogen and oxygen atoms in total. The first-order chi connectivity index (χ1) is 9.11. The van der Waals surface area contributed by atoms with Gasteiger partial charge in [-0.2, -0.15) is 0 Å². The molecule has 0 spiro atoms. The fraction of sp³-hybridized carbons (Fsp3) is 0.636. The average molecular weight is 267 g/mol. The van der Waals surface area contributed by atoms with Gasteiger partial charge in [-0.1, -0.05) is 0 Å². The first kappa shape index (κ1) is 13.3. The van der Waals surface area contributed by atoms with Gasteiger partial charge < -0.3 is 20.3 Å². The summed E-state index contributed by atoms with van der Waals surface area (Å²) in [5, 5.41) is 21.7. The molecule has 1 fully saturated rings. The first-order valence-corrected chi connectivity index (χ1v) is 6.25. The molecule has 1 atom stereocenters. The molecule has 104 valence electrons. The molecule has 1 heterocycles. The van der Waals surface area contributed by atoms with Crippen LogP contribution in [0.15, 0.2) is 6.33 Å². The number of nitrogens with one attached hydrogen (secondary N) is 2. The lowest BCUT2D eigenvalue weighted by Gasteiger charge is -2.14. The van der Waals surface area contributed by atoms with Crippen molar-refractivity contribution >= 4 is 12.0 Å². The zero-order valence-corrected chi connectivity index (χ0v) is 10.7. The standard InChI is InChI=1S/C11H17N5O3/c1-2-16-6-13-15-8(16)5-12-11(19)14-9(10(17)18)7-3-4-7/h6-7,9H,2-5H2,1H3,(H,17,18)(H2,12,14,19). The van der Waals surface area contributed by atoms with Crippen molar-refractivity contribution in [3.63, 3.8) is 0 Å². The molecule has 8 heteroatoms. The Morgan fingerprint density at radius 3 is 2.89 bits per heavy atom. The Kier molecular flexibility index (Phi) is 3.98. The zero-order valence-electron chi connectivity index (χ0n) is 10.7. The highest BCUT2D eigenvalue weighted by Crippen LogP contribution is 2.32. The van der Waals surface area contributed by atoms with Crippen LogP contribution in [0.5, 0.6) is 0 Å². The highest BCUT2D eigenvalue weighted by Gasteiger charge is 2.37. The van der Waals surface area contributed by atoms with Gasteiger partial charge in [-0.25, -0.2) is 9.59 Å². The fourth-order valence-corrected chi connectivity index (χ4v) is 1.84. The van der Waals surface area contributed by atoms with Crippen LogP contribution >= 0.6 is 0 Å². The normalized spacial score (nSPS) is 15.8. The van der Waals surface area contributed by atoms with Crippen LogP contribution in [0.2, 0.25) is 0 Å². The van der Waals surface area contributed by atoms with Crippen molar-refractivity contribution in [3.05, 3.63) is 12.2 Å². The summed E-state index contributed by atoms with van der Waals surface area (Å²) < 4.78 is 1.80. The number of aromatic nitrogens is 3. The van der Waals surface area contributed by atoms with Crippen LogP contribution in [0.3, 0.4) is 0 Å². The number of carboxylic acids is 1. The second-order valence-electron chi connectivity index (χ2n) is 4.51. The number of urea groups is 1. The summed E-state index contributed by atoms with van der Waals surface area (Å²) in [5.41, 5.74) is 0. The van der Waals surface area contributed by atoms with Gasteiger partial charge in [0.05, 0.1) is 6.54 Å². The molecule has 19 heavy (non-hydrogen) atoms.